The highest BCUT2D eigenvalue weighted by Gasteiger charge is 2.55. The Labute approximate surface area is 83.8 Å². The molecule has 0 radical (unpaired) electrons. The number of carbonyl (C=O) groups is 1. The van der Waals surface area contributed by atoms with E-state index in [0.29, 0.717) is 6.04 Å². The maximum atomic E-state index is 11.4. The van der Waals surface area contributed by atoms with E-state index in [1.54, 1.807) is 0 Å². The molecule has 0 aromatic heterocycles. The summed E-state index contributed by atoms with van der Waals surface area (Å²) in [6.45, 7) is 2.01. The van der Waals surface area contributed by atoms with Gasteiger partial charge in [0, 0.05) is 6.04 Å². The van der Waals surface area contributed by atoms with E-state index >= 15 is 0 Å². The third kappa shape index (κ3) is 1.46. The van der Waals surface area contributed by atoms with Crippen molar-refractivity contribution in [2.75, 3.05) is 7.11 Å². The van der Waals surface area contributed by atoms with Crippen molar-refractivity contribution in [3.8, 4) is 0 Å². The average molecular weight is 201 g/mol. The second kappa shape index (κ2) is 3.17. The number of piperidine rings is 1. The van der Waals surface area contributed by atoms with Gasteiger partial charge in [-0.2, -0.15) is 12.6 Å². The molecule has 2 rings (SSSR count). The molecule has 3 nitrogen and oxygen atoms in total. The zero-order chi connectivity index (χ0) is 9.59. The standard InChI is InChI=1S/C9H15NO2S/c1-5(13)10-7-3-6(7)4-8(10)9(11)12-2/h5-8,13H,3-4H2,1-2H3/t5?,6-,7-,8+/m1/s1. The number of esters is 1. The fourth-order valence-corrected chi connectivity index (χ4v) is 2.71. The van der Waals surface area contributed by atoms with Gasteiger partial charge in [-0.25, -0.2) is 0 Å². The van der Waals surface area contributed by atoms with Crippen LogP contribution >= 0.6 is 12.6 Å². The predicted octanol–water partition coefficient (Wildman–Crippen LogP) is 0.898. The van der Waals surface area contributed by atoms with Gasteiger partial charge in [0.2, 0.25) is 0 Å². The van der Waals surface area contributed by atoms with E-state index in [2.05, 4.69) is 17.5 Å². The lowest BCUT2D eigenvalue weighted by Gasteiger charge is -2.28. The summed E-state index contributed by atoms with van der Waals surface area (Å²) in [4.78, 5) is 13.6. The van der Waals surface area contributed by atoms with Crippen LogP contribution in [-0.2, 0) is 9.53 Å². The van der Waals surface area contributed by atoms with Crippen LogP contribution in [0.4, 0.5) is 0 Å². The number of thiol groups is 1. The molecule has 0 spiro atoms. The molecule has 4 atom stereocenters. The van der Waals surface area contributed by atoms with E-state index in [-0.39, 0.29) is 17.4 Å². The van der Waals surface area contributed by atoms with Crippen LogP contribution in [0.1, 0.15) is 19.8 Å². The fourth-order valence-electron chi connectivity index (χ4n) is 2.38. The summed E-state index contributed by atoms with van der Waals surface area (Å²) in [6, 6.07) is 0.554. The lowest BCUT2D eigenvalue weighted by molar-refractivity contribution is -0.146. The second-order valence-electron chi connectivity index (χ2n) is 3.92. The van der Waals surface area contributed by atoms with Gasteiger partial charge in [-0.05, 0) is 25.7 Å². The molecule has 74 valence electrons. The SMILES string of the molecule is COC(=O)[C@@H]1C[C@H]2C[C@H]2N1C(C)S. The minimum Gasteiger partial charge on any atom is -0.468 e. The Morgan fingerprint density at radius 1 is 1.62 bits per heavy atom. The minimum absolute atomic E-state index is 0.0405. The number of fused-ring (bicyclic) bond motifs is 1. The Balaban J connectivity index is 2.07. The van der Waals surface area contributed by atoms with Gasteiger partial charge >= 0.3 is 5.97 Å². The molecule has 1 saturated carbocycles. The van der Waals surface area contributed by atoms with E-state index in [1.165, 1.54) is 13.5 Å². The molecule has 0 aromatic carbocycles. The molecule has 13 heavy (non-hydrogen) atoms. The van der Waals surface area contributed by atoms with Crippen LogP contribution in [0.25, 0.3) is 0 Å². The highest BCUT2D eigenvalue weighted by molar-refractivity contribution is 7.80. The third-order valence-corrected chi connectivity index (χ3v) is 3.33. The molecule has 1 aliphatic heterocycles. The Kier molecular flexibility index (Phi) is 2.28. The molecule has 2 fully saturated rings. The number of methoxy groups -OCH3 is 1. The first kappa shape index (κ1) is 9.34. The first-order valence-corrected chi connectivity index (χ1v) is 5.20. The first-order valence-electron chi connectivity index (χ1n) is 4.68. The van der Waals surface area contributed by atoms with Crippen molar-refractivity contribution < 1.29 is 9.53 Å². The number of nitrogens with zero attached hydrogens (tertiary/aromatic N) is 1. The lowest BCUT2D eigenvalue weighted by atomic mass is 10.2. The second-order valence-corrected chi connectivity index (χ2v) is 4.66. The highest BCUT2D eigenvalue weighted by Crippen LogP contribution is 2.49. The summed E-state index contributed by atoms with van der Waals surface area (Å²) < 4.78 is 4.77. The molecule has 0 aromatic rings. The van der Waals surface area contributed by atoms with Gasteiger partial charge in [0.15, 0.2) is 0 Å². The van der Waals surface area contributed by atoms with Crippen LogP contribution in [0.5, 0.6) is 0 Å². The topological polar surface area (TPSA) is 29.5 Å². The van der Waals surface area contributed by atoms with Crippen LogP contribution in [0.2, 0.25) is 0 Å². The molecule has 0 amide bonds. The van der Waals surface area contributed by atoms with Gasteiger partial charge in [-0.15, -0.1) is 0 Å². The summed E-state index contributed by atoms with van der Waals surface area (Å²) in [5.74, 6) is 0.617. The maximum absolute atomic E-state index is 11.4. The maximum Gasteiger partial charge on any atom is 0.323 e. The molecular weight excluding hydrogens is 186 g/mol. The molecule has 1 unspecified atom stereocenters. The number of hydrogen-bond donors (Lipinski definition) is 1. The lowest BCUT2D eigenvalue weighted by Crippen LogP contribution is -2.42. The molecule has 1 heterocycles. The van der Waals surface area contributed by atoms with Crippen molar-refractivity contribution >= 4 is 18.6 Å². The molecule has 0 bridgehead atoms. The van der Waals surface area contributed by atoms with Crippen LogP contribution in [-0.4, -0.2) is 35.4 Å². The van der Waals surface area contributed by atoms with Crippen molar-refractivity contribution in [3.63, 3.8) is 0 Å². The highest BCUT2D eigenvalue weighted by atomic mass is 32.1. The molecule has 1 saturated heterocycles. The summed E-state index contributed by atoms with van der Waals surface area (Å²) in [6.07, 6.45) is 2.20. The Hall–Kier alpha value is -0.220. The van der Waals surface area contributed by atoms with E-state index in [4.69, 9.17) is 4.74 Å². The largest absolute Gasteiger partial charge is 0.468 e. The van der Waals surface area contributed by atoms with Gasteiger partial charge in [0.1, 0.15) is 6.04 Å². The van der Waals surface area contributed by atoms with Crippen molar-refractivity contribution in [1.29, 1.82) is 0 Å². The van der Waals surface area contributed by atoms with Gasteiger partial charge < -0.3 is 4.74 Å². The summed E-state index contributed by atoms with van der Waals surface area (Å²) in [5.41, 5.74) is 0. The van der Waals surface area contributed by atoms with Crippen LogP contribution < -0.4 is 0 Å². The zero-order valence-electron chi connectivity index (χ0n) is 7.93. The van der Waals surface area contributed by atoms with E-state index in [1.807, 2.05) is 6.92 Å². The number of carbonyl (C=O) groups excluding carboxylic acids is 1. The number of likely N-dealkylation sites (tertiary alicyclic amines) is 1. The smallest absolute Gasteiger partial charge is 0.323 e. The number of ether oxygens (including phenoxy) is 1. The van der Waals surface area contributed by atoms with Gasteiger partial charge in [0.25, 0.3) is 0 Å². The monoisotopic (exact) mass is 201 g/mol. The predicted molar refractivity (Wildman–Crippen MR) is 52.6 cm³/mol. The van der Waals surface area contributed by atoms with Crippen LogP contribution in [0.3, 0.4) is 0 Å². The van der Waals surface area contributed by atoms with Crippen molar-refractivity contribution in [2.45, 2.75) is 37.2 Å². The summed E-state index contributed by atoms with van der Waals surface area (Å²) in [5, 5.41) is 0.154. The number of rotatable bonds is 2. The van der Waals surface area contributed by atoms with Crippen molar-refractivity contribution in [2.24, 2.45) is 5.92 Å². The van der Waals surface area contributed by atoms with Crippen LogP contribution in [0.15, 0.2) is 0 Å². The van der Waals surface area contributed by atoms with Crippen molar-refractivity contribution in [1.82, 2.24) is 4.90 Å². The van der Waals surface area contributed by atoms with E-state index in [0.717, 1.165) is 12.3 Å². The zero-order valence-corrected chi connectivity index (χ0v) is 8.83. The fraction of sp³-hybridized carbons (Fsp3) is 0.889. The first-order chi connectivity index (χ1) is 6.15. The normalized spacial score (nSPS) is 39.8. The molecule has 2 aliphatic rings. The Morgan fingerprint density at radius 2 is 2.31 bits per heavy atom. The van der Waals surface area contributed by atoms with Gasteiger partial charge in [0.05, 0.1) is 12.5 Å². The van der Waals surface area contributed by atoms with Crippen molar-refractivity contribution in [3.05, 3.63) is 0 Å². The van der Waals surface area contributed by atoms with Gasteiger partial charge in [-0.1, -0.05) is 0 Å². The Bertz CT molecular complexity index is 232. The van der Waals surface area contributed by atoms with Gasteiger partial charge in [-0.3, -0.25) is 9.69 Å². The number of hydrogen-bond acceptors (Lipinski definition) is 4. The Morgan fingerprint density at radius 3 is 2.85 bits per heavy atom. The van der Waals surface area contributed by atoms with E-state index in [9.17, 15) is 4.79 Å². The average Bonchev–Trinajstić information content (AvgIpc) is 2.74. The molecular formula is C9H15NO2S. The summed E-state index contributed by atoms with van der Waals surface area (Å²) in [7, 11) is 1.45. The van der Waals surface area contributed by atoms with Crippen LogP contribution in [0, 0.1) is 5.92 Å². The quantitative estimate of drug-likeness (QED) is 0.531. The molecule has 1 aliphatic carbocycles. The molecule has 0 N–H and O–H groups in total. The molecule has 4 heteroatoms. The summed E-state index contributed by atoms with van der Waals surface area (Å²) >= 11 is 4.39. The van der Waals surface area contributed by atoms with E-state index < -0.39 is 0 Å². The third-order valence-electron chi connectivity index (χ3n) is 3.06. The minimum atomic E-state index is -0.104.